The second-order valence-electron chi connectivity index (χ2n) is 1.24. The van der Waals surface area contributed by atoms with Crippen LogP contribution in [0.2, 0.25) is 0 Å². The van der Waals surface area contributed by atoms with Crippen molar-refractivity contribution in [3.8, 4) is 0 Å². The van der Waals surface area contributed by atoms with Crippen molar-refractivity contribution in [1.82, 2.24) is 5.06 Å². The number of nitrogens with zero attached hydrogens (tertiary/aromatic N) is 1. The molecule has 0 aromatic heterocycles. The van der Waals surface area contributed by atoms with Crippen molar-refractivity contribution in [1.29, 1.82) is 0 Å². The second kappa shape index (κ2) is 1.75. The van der Waals surface area contributed by atoms with E-state index in [-0.39, 0.29) is 10.8 Å². The number of carbonyl (C=O) groups is 2. The van der Waals surface area contributed by atoms with Crippen LogP contribution in [0.3, 0.4) is 0 Å². The molecule has 2 amide bonds. The van der Waals surface area contributed by atoms with E-state index in [1.165, 1.54) is 0 Å². The highest BCUT2D eigenvalue weighted by Gasteiger charge is 2.21. The van der Waals surface area contributed by atoms with Crippen LogP contribution in [0.1, 0.15) is 0 Å². The third-order valence-electron chi connectivity index (χ3n) is 0.711. The average Bonchev–Trinajstić information content (AvgIpc) is 1.98. The molecule has 1 heterocycles. The largest absolute Gasteiger partial charge is 0.749 e. The lowest BCUT2D eigenvalue weighted by molar-refractivity contribution is -0.122. The molecule has 0 saturated carbocycles. The number of hydrogen-bond acceptors (Lipinski definition) is 4. The number of thioether (sulfide) groups is 1. The Morgan fingerprint density at radius 3 is 2.38 bits per heavy atom. The van der Waals surface area contributed by atoms with Gasteiger partial charge in [-0.15, -0.1) is 0 Å². The van der Waals surface area contributed by atoms with E-state index >= 15 is 0 Å². The van der Waals surface area contributed by atoms with Crippen LogP contribution in [0, 0.1) is 5.21 Å². The second-order valence-corrected chi connectivity index (χ2v) is 2.17. The summed E-state index contributed by atoms with van der Waals surface area (Å²) < 4.78 is 0. The van der Waals surface area contributed by atoms with Gasteiger partial charge in [-0.1, -0.05) is 11.8 Å². The van der Waals surface area contributed by atoms with Gasteiger partial charge < -0.3 is 10.3 Å². The Morgan fingerprint density at radius 2 is 2.25 bits per heavy atom. The molecular weight excluding hydrogens is 130 g/mol. The molecule has 0 atom stereocenters. The van der Waals surface area contributed by atoms with Crippen LogP contribution >= 0.6 is 11.8 Å². The first-order chi connectivity index (χ1) is 3.72. The highest BCUT2D eigenvalue weighted by Crippen LogP contribution is 2.16. The smallest absolute Gasteiger partial charge is 0.278 e. The van der Waals surface area contributed by atoms with Gasteiger partial charge >= 0.3 is 0 Å². The Bertz CT molecular complexity index is 129. The van der Waals surface area contributed by atoms with E-state index < -0.39 is 11.1 Å². The van der Waals surface area contributed by atoms with Crippen LogP contribution in [-0.2, 0) is 4.79 Å². The number of carbonyl (C=O) groups excluding carboxylic acids is 2. The van der Waals surface area contributed by atoms with E-state index in [1.807, 2.05) is 0 Å². The molecule has 44 valence electrons. The van der Waals surface area contributed by atoms with Gasteiger partial charge in [0.05, 0.1) is 5.75 Å². The molecule has 4 nitrogen and oxygen atoms in total. The summed E-state index contributed by atoms with van der Waals surface area (Å²) in [6.45, 7) is 0. The molecule has 0 aromatic carbocycles. The first-order valence-corrected chi connectivity index (χ1v) is 2.87. The molecule has 1 fully saturated rings. The molecule has 5 heteroatoms. The zero-order chi connectivity index (χ0) is 6.15. The predicted octanol–water partition coefficient (Wildman–Crippen LogP) is 0.180. The minimum absolute atomic E-state index is 0.00231. The summed E-state index contributed by atoms with van der Waals surface area (Å²) in [5.41, 5.74) is 0. The van der Waals surface area contributed by atoms with Crippen molar-refractivity contribution in [2.75, 3.05) is 5.75 Å². The molecule has 8 heavy (non-hydrogen) atoms. The van der Waals surface area contributed by atoms with Gasteiger partial charge in [-0.05, 0) is 0 Å². The molecule has 0 bridgehead atoms. The van der Waals surface area contributed by atoms with Crippen molar-refractivity contribution in [2.24, 2.45) is 0 Å². The van der Waals surface area contributed by atoms with E-state index in [2.05, 4.69) is 0 Å². The van der Waals surface area contributed by atoms with E-state index in [0.29, 0.717) is 0 Å². The Balaban J connectivity index is 2.70. The molecule has 1 aliphatic rings. The Kier molecular flexibility index (Phi) is 1.22. The van der Waals surface area contributed by atoms with Gasteiger partial charge in [-0.25, -0.2) is 0 Å². The van der Waals surface area contributed by atoms with Crippen LogP contribution in [-0.4, -0.2) is 22.0 Å². The van der Waals surface area contributed by atoms with Gasteiger partial charge in [0.25, 0.3) is 5.24 Å². The Morgan fingerprint density at radius 1 is 1.62 bits per heavy atom. The summed E-state index contributed by atoms with van der Waals surface area (Å²) in [5.74, 6) is -0.650. The molecule has 0 aliphatic carbocycles. The molecule has 0 radical (unpaired) electrons. The van der Waals surface area contributed by atoms with E-state index in [9.17, 15) is 14.8 Å². The summed E-state index contributed by atoms with van der Waals surface area (Å²) in [6, 6.07) is 0. The van der Waals surface area contributed by atoms with Gasteiger partial charge in [0.1, 0.15) is 0 Å². The van der Waals surface area contributed by atoms with E-state index in [0.717, 1.165) is 11.8 Å². The first kappa shape index (κ1) is 5.58. The summed E-state index contributed by atoms with van der Waals surface area (Å²) in [4.78, 5) is 20.3. The van der Waals surface area contributed by atoms with Gasteiger partial charge in [0.2, 0.25) is 5.91 Å². The highest BCUT2D eigenvalue weighted by atomic mass is 32.2. The summed E-state index contributed by atoms with van der Waals surface area (Å²) in [5, 5.41) is 9.28. The molecule has 1 rings (SSSR count). The number of imide groups is 1. The summed E-state index contributed by atoms with van der Waals surface area (Å²) >= 11 is 0.738. The van der Waals surface area contributed by atoms with E-state index in [4.69, 9.17) is 0 Å². The lowest BCUT2D eigenvalue weighted by atomic mass is 10.7. The third kappa shape index (κ3) is 0.696. The number of hydroxylamine groups is 2. The fourth-order valence-electron chi connectivity index (χ4n) is 0.343. The maximum Gasteiger partial charge on any atom is 0.278 e. The molecule has 0 N–H and O–H groups in total. The van der Waals surface area contributed by atoms with Gasteiger partial charge in [0, 0.05) is 0 Å². The van der Waals surface area contributed by atoms with Crippen molar-refractivity contribution in [2.45, 2.75) is 0 Å². The van der Waals surface area contributed by atoms with Gasteiger partial charge in [-0.2, -0.15) is 0 Å². The highest BCUT2D eigenvalue weighted by molar-refractivity contribution is 8.14. The zero-order valence-corrected chi connectivity index (χ0v) is 4.60. The van der Waals surface area contributed by atoms with Crippen LogP contribution < -0.4 is 0 Å². The predicted molar refractivity (Wildman–Crippen MR) is 28.1 cm³/mol. The van der Waals surface area contributed by atoms with Crippen molar-refractivity contribution >= 4 is 22.9 Å². The maximum absolute atomic E-state index is 10.2. The monoisotopic (exact) mass is 132 g/mol. The maximum atomic E-state index is 10.2. The number of rotatable bonds is 0. The first-order valence-electron chi connectivity index (χ1n) is 1.88. The average molecular weight is 132 g/mol. The normalized spacial score (nSPS) is 20.4. The molecule has 1 aliphatic heterocycles. The summed E-state index contributed by atoms with van der Waals surface area (Å²) in [6.07, 6.45) is 0. The van der Waals surface area contributed by atoms with Crippen LogP contribution in [0.15, 0.2) is 0 Å². The van der Waals surface area contributed by atoms with E-state index in [1.54, 1.807) is 0 Å². The fourth-order valence-corrected chi connectivity index (χ4v) is 0.926. The Labute approximate surface area is 49.4 Å². The molecular formula is C3H2NO3S-. The van der Waals surface area contributed by atoms with Crippen LogP contribution in [0.5, 0.6) is 0 Å². The van der Waals surface area contributed by atoms with Crippen LogP contribution in [0.25, 0.3) is 0 Å². The summed E-state index contributed by atoms with van der Waals surface area (Å²) in [7, 11) is 0. The molecule has 0 aromatic rings. The minimum atomic E-state index is -0.699. The molecule has 1 saturated heterocycles. The van der Waals surface area contributed by atoms with Crippen molar-refractivity contribution < 1.29 is 9.59 Å². The third-order valence-corrected chi connectivity index (χ3v) is 1.52. The zero-order valence-electron chi connectivity index (χ0n) is 3.79. The fraction of sp³-hybridized carbons (Fsp3) is 0.333. The lowest BCUT2D eigenvalue weighted by Gasteiger charge is -2.15. The number of amides is 2. The quantitative estimate of drug-likeness (QED) is 0.471. The van der Waals surface area contributed by atoms with Crippen LogP contribution in [0.4, 0.5) is 4.79 Å². The van der Waals surface area contributed by atoms with Crippen molar-refractivity contribution in [3.63, 3.8) is 0 Å². The number of hydrogen-bond donors (Lipinski definition) is 0. The van der Waals surface area contributed by atoms with Gasteiger partial charge in [-0.3, -0.25) is 9.59 Å². The topological polar surface area (TPSA) is 60.4 Å². The SMILES string of the molecule is O=C1CSC(=O)N1[O-]. The standard InChI is InChI=1S/C3H2NO3S/c5-2-1-8-3(6)4(2)7/h1H2/q-1. The minimum Gasteiger partial charge on any atom is -0.749 e. The molecule has 0 unspecified atom stereocenters. The molecule has 0 spiro atoms. The Hall–Kier alpha value is -0.550. The van der Waals surface area contributed by atoms with Crippen molar-refractivity contribution in [3.05, 3.63) is 5.21 Å². The van der Waals surface area contributed by atoms with Gasteiger partial charge in [0.15, 0.2) is 0 Å². The lowest BCUT2D eigenvalue weighted by Crippen LogP contribution is -2.20.